The average Bonchev–Trinajstić information content (AvgIpc) is 2.92. The highest BCUT2D eigenvalue weighted by Gasteiger charge is 2.14. The Bertz CT molecular complexity index is 778. The van der Waals surface area contributed by atoms with Crippen molar-refractivity contribution in [3.05, 3.63) is 71.2 Å². The molecule has 0 saturated carbocycles. The Labute approximate surface area is 128 Å². The van der Waals surface area contributed by atoms with Gasteiger partial charge < -0.3 is 5.73 Å². The Morgan fingerprint density at radius 3 is 2.59 bits per heavy atom. The Morgan fingerprint density at radius 1 is 1.14 bits per heavy atom. The van der Waals surface area contributed by atoms with E-state index in [4.69, 9.17) is 5.73 Å². The topological polar surface area (TPSA) is 56.7 Å². The lowest BCUT2D eigenvalue weighted by Crippen LogP contribution is -2.06. The van der Waals surface area contributed by atoms with Crippen LogP contribution in [0.3, 0.4) is 0 Å². The van der Waals surface area contributed by atoms with E-state index in [-0.39, 0.29) is 5.82 Å². The van der Waals surface area contributed by atoms with Crippen molar-refractivity contribution in [3.63, 3.8) is 0 Å². The first kappa shape index (κ1) is 14.4. The summed E-state index contributed by atoms with van der Waals surface area (Å²) in [5.41, 5.74) is 10.6. The highest BCUT2D eigenvalue weighted by Crippen LogP contribution is 2.24. The van der Waals surface area contributed by atoms with Gasteiger partial charge in [-0.15, -0.1) is 5.10 Å². The van der Waals surface area contributed by atoms with Crippen molar-refractivity contribution in [2.45, 2.75) is 20.0 Å². The maximum atomic E-state index is 13.0. The molecule has 0 radical (unpaired) electrons. The first-order valence-corrected chi connectivity index (χ1v) is 7.11. The third-order valence-electron chi connectivity index (χ3n) is 3.54. The molecule has 0 aliphatic carbocycles. The van der Waals surface area contributed by atoms with Crippen LogP contribution in [0, 0.1) is 12.7 Å². The number of rotatable bonds is 4. The molecule has 0 fully saturated rings. The van der Waals surface area contributed by atoms with E-state index < -0.39 is 0 Å². The van der Waals surface area contributed by atoms with Crippen LogP contribution in [0.1, 0.15) is 16.8 Å². The molecule has 0 aliphatic rings. The lowest BCUT2D eigenvalue weighted by molar-refractivity contribution is 0.622. The zero-order valence-corrected chi connectivity index (χ0v) is 12.3. The molecule has 2 N–H and O–H groups in total. The predicted octanol–water partition coefficient (Wildman–Crippen LogP) is 2.90. The van der Waals surface area contributed by atoms with E-state index >= 15 is 0 Å². The molecule has 2 aromatic carbocycles. The van der Waals surface area contributed by atoms with Gasteiger partial charge >= 0.3 is 0 Å². The van der Waals surface area contributed by atoms with Crippen LogP contribution < -0.4 is 5.73 Å². The third-order valence-corrected chi connectivity index (χ3v) is 3.54. The monoisotopic (exact) mass is 296 g/mol. The summed E-state index contributed by atoms with van der Waals surface area (Å²) in [4.78, 5) is 0. The zero-order valence-electron chi connectivity index (χ0n) is 12.3. The second kappa shape index (κ2) is 6.07. The van der Waals surface area contributed by atoms with Gasteiger partial charge in [-0.1, -0.05) is 41.1 Å². The van der Waals surface area contributed by atoms with Gasteiger partial charge in [0.1, 0.15) is 11.5 Å². The Hall–Kier alpha value is -2.53. The van der Waals surface area contributed by atoms with Crippen molar-refractivity contribution in [2.75, 3.05) is 0 Å². The lowest BCUT2D eigenvalue weighted by atomic mass is 10.1. The van der Waals surface area contributed by atoms with Crippen LogP contribution in [0.15, 0.2) is 48.5 Å². The number of benzene rings is 2. The minimum atomic E-state index is -0.246. The quantitative estimate of drug-likeness (QED) is 0.805. The van der Waals surface area contributed by atoms with Gasteiger partial charge in [0.25, 0.3) is 0 Å². The fourth-order valence-corrected chi connectivity index (χ4v) is 2.47. The largest absolute Gasteiger partial charge is 0.325 e. The van der Waals surface area contributed by atoms with E-state index in [1.807, 2.05) is 29.8 Å². The number of aromatic nitrogens is 3. The van der Waals surface area contributed by atoms with Crippen LogP contribution in [0.4, 0.5) is 4.39 Å². The van der Waals surface area contributed by atoms with Crippen LogP contribution in [0.2, 0.25) is 0 Å². The Balaban J connectivity index is 2.02. The van der Waals surface area contributed by atoms with E-state index in [0.717, 1.165) is 28.1 Å². The summed E-state index contributed by atoms with van der Waals surface area (Å²) in [5, 5.41) is 8.37. The molecule has 0 amide bonds. The number of hydrogen-bond acceptors (Lipinski definition) is 3. The second-order valence-electron chi connectivity index (χ2n) is 5.24. The fourth-order valence-electron chi connectivity index (χ4n) is 2.47. The summed E-state index contributed by atoms with van der Waals surface area (Å²) < 4.78 is 14.8. The van der Waals surface area contributed by atoms with Crippen molar-refractivity contribution >= 4 is 0 Å². The number of aryl methyl sites for hydroxylation is 1. The van der Waals surface area contributed by atoms with Crippen LogP contribution in [0.5, 0.6) is 0 Å². The second-order valence-corrected chi connectivity index (χ2v) is 5.24. The highest BCUT2D eigenvalue weighted by atomic mass is 19.1. The summed E-state index contributed by atoms with van der Waals surface area (Å²) in [5.74, 6) is -0.246. The molecule has 0 spiro atoms. The number of halogens is 1. The first-order chi connectivity index (χ1) is 10.7. The third kappa shape index (κ3) is 2.89. The van der Waals surface area contributed by atoms with Crippen LogP contribution >= 0.6 is 0 Å². The molecule has 0 bridgehead atoms. The van der Waals surface area contributed by atoms with Gasteiger partial charge in [-0.25, -0.2) is 9.07 Å². The van der Waals surface area contributed by atoms with E-state index in [9.17, 15) is 4.39 Å². The van der Waals surface area contributed by atoms with Crippen LogP contribution in [-0.2, 0) is 13.1 Å². The predicted molar refractivity (Wildman–Crippen MR) is 83.6 cm³/mol. The van der Waals surface area contributed by atoms with Gasteiger partial charge in [0.05, 0.1) is 12.2 Å². The SMILES string of the molecule is Cc1cccc(-c2c(CN)nnn2Cc2ccc(F)cc2)c1. The molecular formula is C17H17FN4. The molecule has 1 aromatic heterocycles. The molecule has 0 unspecified atom stereocenters. The maximum Gasteiger partial charge on any atom is 0.123 e. The van der Waals surface area contributed by atoms with Crippen molar-refractivity contribution < 1.29 is 4.39 Å². The Morgan fingerprint density at radius 2 is 1.91 bits per heavy atom. The lowest BCUT2D eigenvalue weighted by Gasteiger charge is -2.09. The normalized spacial score (nSPS) is 10.9. The standard InChI is InChI=1S/C17H17FN4/c1-12-3-2-4-14(9-12)17-16(10-19)20-21-22(17)11-13-5-7-15(18)8-6-13/h2-9H,10-11,19H2,1H3. The molecule has 5 heteroatoms. The summed E-state index contributed by atoms with van der Waals surface area (Å²) in [6.45, 7) is 2.89. The molecule has 0 atom stereocenters. The van der Waals surface area contributed by atoms with Crippen molar-refractivity contribution in [2.24, 2.45) is 5.73 Å². The van der Waals surface area contributed by atoms with E-state index in [0.29, 0.717) is 13.1 Å². The highest BCUT2D eigenvalue weighted by molar-refractivity contribution is 5.62. The molecule has 3 aromatic rings. The van der Waals surface area contributed by atoms with Gasteiger partial charge in [0.15, 0.2) is 0 Å². The van der Waals surface area contributed by atoms with E-state index in [2.05, 4.69) is 16.4 Å². The van der Waals surface area contributed by atoms with Crippen LogP contribution in [0.25, 0.3) is 11.3 Å². The molecule has 4 nitrogen and oxygen atoms in total. The molecule has 0 saturated heterocycles. The first-order valence-electron chi connectivity index (χ1n) is 7.11. The van der Waals surface area contributed by atoms with Gasteiger partial charge in [0.2, 0.25) is 0 Å². The maximum absolute atomic E-state index is 13.0. The van der Waals surface area contributed by atoms with Gasteiger partial charge in [-0.3, -0.25) is 0 Å². The molecule has 3 rings (SSSR count). The Kier molecular flexibility index (Phi) is 3.98. The molecule has 22 heavy (non-hydrogen) atoms. The number of nitrogens with zero attached hydrogens (tertiary/aromatic N) is 3. The van der Waals surface area contributed by atoms with Gasteiger partial charge in [-0.2, -0.15) is 0 Å². The average molecular weight is 296 g/mol. The van der Waals surface area contributed by atoms with Crippen molar-refractivity contribution in [1.82, 2.24) is 15.0 Å². The molecular weight excluding hydrogens is 279 g/mol. The molecule has 112 valence electrons. The van der Waals surface area contributed by atoms with Crippen molar-refractivity contribution in [3.8, 4) is 11.3 Å². The van der Waals surface area contributed by atoms with Gasteiger partial charge in [-0.05, 0) is 30.7 Å². The molecule has 1 heterocycles. The summed E-state index contributed by atoms with van der Waals surface area (Å²) in [7, 11) is 0. The van der Waals surface area contributed by atoms with E-state index in [1.54, 1.807) is 12.1 Å². The number of hydrogen-bond donors (Lipinski definition) is 1. The smallest absolute Gasteiger partial charge is 0.123 e. The molecule has 0 aliphatic heterocycles. The minimum absolute atomic E-state index is 0.246. The number of nitrogens with two attached hydrogens (primary N) is 1. The van der Waals surface area contributed by atoms with Crippen molar-refractivity contribution in [1.29, 1.82) is 0 Å². The fraction of sp³-hybridized carbons (Fsp3) is 0.176. The minimum Gasteiger partial charge on any atom is -0.325 e. The zero-order chi connectivity index (χ0) is 15.5. The summed E-state index contributed by atoms with van der Waals surface area (Å²) >= 11 is 0. The summed E-state index contributed by atoms with van der Waals surface area (Å²) in [6.07, 6.45) is 0. The summed E-state index contributed by atoms with van der Waals surface area (Å²) in [6, 6.07) is 14.5. The van der Waals surface area contributed by atoms with Crippen LogP contribution in [-0.4, -0.2) is 15.0 Å². The van der Waals surface area contributed by atoms with Gasteiger partial charge in [0, 0.05) is 12.1 Å². The van der Waals surface area contributed by atoms with E-state index in [1.165, 1.54) is 12.1 Å².